The molecule has 2 fully saturated rings. The Hall–Kier alpha value is -2.52. The Bertz CT molecular complexity index is 726. The Balaban J connectivity index is 0.000000340. The van der Waals surface area contributed by atoms with Crippen LogP contribution in [0.4, 0.5) is 9.59 Å². The first-order valence-corrected chi connectivity index (χ1v) is 11.5. The van der Waals surface area contributed by atoms with Gasteiger partial charge in [0.25, 0.3) is 0 Å². The zero-order chi connectivity index (χ0) is 26.9. The monoisotopic (exact) mass is 486 g/mol. The molecule has 10 heteroatoms. The Labute approximate surface area is 202 Å². The maximum absolute atomic E-state index is 11.5. The van der Waals surface area contributed by atoms with Crippen molar-refractivity contribution in [3.05, 3.63) is 0 Å². The molecule has 0 aliphatic heterocycles. The van der Waals surface area contributed by atoms with Crippen LogP contribution in [0.2, 0.25) is 0 Å². The summed E-state index contributed by atoms with van der Waals surface area (Å²) in [5, 5.41) is 23.4. The van der Waals surface area contributed by atoms with Gasteiger partial charge in [-0.25, -0.2) is 9.59 Å². The fourth-order valence-corrected chi connectivity index (χ4v) is 4.08. The van der Waals surface area contributed by atoms with Gasteiger partial charge in [0.05, 0.1) is 11.8 Å². The van der Waals surface area contributed by atoms with Crippen molar-refractivity contribution < 1.29 is 38.9 Å². The molecule has 0 aromatic heterocycles. The number of hydrogen-bond donors (Lipinski definition) is 4. The molecule has 0 aromatic rings. The van der Waals surface area contributed by atoms with Gasteiger partial charge in [0, 0.05) is 12.1 Å². The highest BCUT2D eigenvalue weighted by Gasteiger charge is 2.53. The second-order valence-electron chi connectivity index (χ2n) is 12.3. The minimum absolute atomic E-state index is 0.140. The van der Waals surface area contributed by atoms with Crippen LogP contribution in [0.25, 0.3) is 0 Å². The molecule has 10 nitrogen and oxygen atoms in total. The lowest BCUT2D eigenvalue weighted by atomic mass is 9.58. The summed E-state index contributed by atoms with van der Waals surface area (Å²) in [6, 6.07) is -0.281. The van der Waals surface area contributed by atoms with Gasteiger partial charge in [0.1, 0.15) is 11.2 Å². The van der Waals surface area contributed by atoms with Gasteiger partial charge in [0.15, 0.2) is 0 Å². The second-order valence-corrected chi connectivity index (χ2v) is 12.3. The summed E-state index contributed by atoms with van der Waals surface area (Å²) in [6.45, 7) is 18.1. The number of nitrogens with one attached hydrogen (secondary N) is 2. The minimum Gasteiger partial charge on any atom is -0.481 e. The number of alkyl carbamates (subject to hydrolysis) is 2. The van der Waals surface area contributed by atoms with E-state index in [0.29, 0.717) is 12.8 Å². The average Bonchev–Trinajstić information content (AvgIpc) is 2.58. The van der Waals surface area contributed by atoms with Crippen LogP contribution in [0.15, 0.2) is 0 Å². The molecule has 0 unspecified atom stereocenters. The number of carbonyl (C=O) groups excluding carboxylic acids is 2. The third-order valence-electron chi connectivity index (χ3n) is 6.51. The predicted octanol–water partition coefficient (Wildman–Crippen LogP) is 4.02. The van der Waals surface area contributed by atoms with Gasteiger partial charge < -0.3 is 30.3 Å². The van der Waals surface area contributed by atoms with E-state index in [9.17, 15) is 19.2 Å². The van der Waals surface area contributed by atoms with Crippen LogP contribution in [0, 0.1) is 22.7 Å². The zero-order valence-corrected chi connectivity index (χ0v) is 22.1. The van der Waals surface area contributed by atoms with Crippen molar-refractivity contribution in [1.29, 1.82) is 0 Å². The summed E-state index contributed by atoms with van der Waals surface area (Å²) in [4.78, 5) is 44.9. The quantitative estimate of drug-likeness (QED) is 0.465. The maximum Gasteiger partial charge on any atom is 0.407 e. The lowest BCUT2D eigenvalue weighted by molar-refractivity contribution is -0.156. The number of rotatable bonds is 4. The van der Waals surface area contributed by atoms with E-state index in [2.05, 4.69) is 10.6 Å². The molecule has 4 atom stereocenters. The summed E-state index contributed by atoms with van der Waals surface area (Å²) in [6.07, 6.45) is -0.0535. The van der Waals surface area contributed by atoms with E-state index < -0.39 is 58.0 Å². The fraction of sp³-hybridized carbons (Fsp3) is 0.833. The van der Waals surface area contributed by atoms with Crippen LogP contribution in [-0.4, -0.2) is 57.6 Å². The molecule has 0 radical (unpaired) electrons. The van der Waals surface area contributed by atoms with Crippen LogP contribution >= 0.6 is 0 Å². The van der Waals surface area contributed by atoms with Crippen LogP contribution in [0.3, 0.4) is 0 Å². The SMILES string of the molecule is CC(C)(C)OC(=O)N[C@@H]1C[C@H](C(=O)O)C1(C)C.CC(C)(C)OC(=O)N[C@H]1C[C@@H](C(=O)O)C1(C)C. The third-order valence-corrected chi connectivity index (χ3v) is 6.51. The smallest absolute Gasteiger partial charge is 0.407 e. The summed E-state index contributed by atoms with van der Waals surface area (Å²) in [5.74, 6) is -2.42. The largest absolute Gasteiger partial charge is 0.481 e. The van der Waals surface area contributed by atoms with Crippen molar-refractivity contribution in [3.8, 4) is 0 Å². The number of ether oxygens (including phenoxy) is 2. The normalized spacial score (nSPS) is 26.9. The first-order valence-electron chi connectivity index (χ1n) is 11.5. The van der Waals surface area contributed by atoms with Gasteiger partial charge in [0.2, 0.25) is 0 Å². The summed E-state index contributed by atoms with van der Waals surface area (Å²) < 4.78 is 10.3. The number of hydrogen-bond acceptors (Lipinski definition) is 6. The van der Waals surface area contributed by atoms with E-state index in [1.165, 1.54) is 0 Å². The summed E-state index contributed by atoms with van der Waals surface area (Å²) in [7, 11) is 0. The highest BCUT2D eigenvalue weighted by Crippen LogP contribution is 2.47. The van der Waals surface area contributed by atoms with Crippen molar-refractivity contribution in [2.24, 2.45) is 22.7 Å². The Morgan fingerprint density at radius 1 is 0.676 bits per heavy atom. The number of amides is 2. The Morgan fingerprint density at radius 3 is 1.12 bits per heavy atom. The van der Waals surface area contributed by atoms with Crippen LogP contribution in [0.5, 0.6) is 0 Å². The molecule has 2 aliphatic rings. The van der Waals surface area contributed by atoms with E-state index in [-0.39, 0.29) is 12.1 Å². The molecular formula is C24H42N2O8. The molecule has 2 aliphatic carbocycles. The van der Waals surface area contributed by atoms with E-state index in [4.69, 9.17) is 19.7 Å². The standard InChI is InChI=1S/2C12H21NO4/c2*1-11(2,3)17-10(16)13-8-6-7(9(14)15)12(8,4)5/h2*7-8H,6H2,1-5H3,(H,13,16)(H,14,15)/t2*7-,8-/m10/s1. The number of carboxylic acid groups (broad SMARTS) is 2. The zero-order valence-electron chi connectivity index (χ0n) is 22.1. The first-order chi connectivity index (χ1) is 15.1. The maximum atomic E-state index is 11.5. The number of aliphatic carboxylic acids is 2. The molecule has 4 N–H and O–H groups in total. The lowest BCUT2D eigenvalue weighted by Gasteiger charge is -2.49. The van der Waals surface area contributed by atoms with Gasteiger partial charge in [-0.2, -0.15) is 0 Å². The van der Waals surface area contributed by atoms with E-state index in [1.54, 1.807) is 41.5 Å². The van der Waals surface area contributed by atoms with Crippen LogP contribution in [0.1, 0.15) is 82.1 Å². The molecule has 2 rings (SSSR count). The van der Waals surface area contributed by atoms with Crippen LogP contribution in [-0.2, 0) is 19.1 Å². The fourth-order valence-electron chi connectivity index (χ4n) is 4.08. The molecule has 0 bridgehead atoms. The highest BCUT2D eigenvalue weighted by molar-refractivity contribution is 5.75. The molecule has 34 heavy (non-hydrogen) atoms. The molecule has 0 spiro atoms. The summed E-state index contributed by atoms with van der Waals surface area (Å²) in [5.41, 5.74) is -1.93. The molecule has 2 amide bonds. The molecule has 0 saturated heterocycles. The van der Waals surface area contributed by atoms with Crippen molar-refractivity contribution >= 4 is 24.1 Å². The second kappa shape index (κ2) is 10.00. The Morgan fingerprint density at radius 2 is 0.941 bits per heavy atom. The van der Waals surface area contributed by atoms with Gasteiger partial charge in [-0.15, -0.1) is 0 Å². The minimum atomic E-state index is -0.808. The Kier molecular flexibility index (Phi) is 8.68. The highest BCUT2D eigenvalue weighted by atomic mass is 16.6. The van der Waals surface area contributed by atoms with Crippen molar-refractivity contribution in [1.82, 2.24) is 10.6 Å². The molecular weight excluding hydrogens is 444 g/mol. The third kappa shape index (κ3) is 7.77. The molecule has 0 aromatic carbocycles. The van der Waals surface area contributed by atoms with Gasteiger partial charge in [-0.1, -0.05) is 27.7 Å². The first kappa shape index (κ1) is 29.5. The van der Waals surface area contributed by atoms with E-state index >= 15 is 0 Å². The van der Waals surface area contributed by atoms with Crippen LogP contribution < -0.4 is 10.6 Å². The predicted molar refractivity (Wildman–Crippen MR) is 125 cm³/mol. The molecule has 196 valence electrons. The average molecular weight is 487 g/mol. The van der Waals surface area contributed by atoms with Crippen molar-refractivity contribution in [2.45, 2.75) is 105 Å². The van der Waals surface area contributed by atoms with E-state index in [1.807, 2.05) is 27.7 Å². The lowest BCUT2D eigenvalue weighted by Crippen LogP contribution is -2.60. The van der Waals surface area contributed by atoms with E-state index in [0.717, 1.165) is 0 Å². The summed E-state index contributed by atoms with van der Waals surface area (Å²) >= 11 is 0. The van der Waals surface area contributed by atoms with Gasteiger partial charge >= 0.3 is 24.1 Å². The number of carbonyl (C=O) groups is 4. The van der Waals surface area contributed by atoms with Crippen molar-refractivity contribution in [3.63, 3.8) is 0 Å². The van der Waals surface area contributed by atoms with Gasteiger partial charge in [-0.05, 0) is 65.2 Å². The number of carboxylic acids is 2. The topological polar surface area (TPSA) is 151 Å². The van der Waals surface area contributed by atoms with Crippen molar-refractivity contribution in [2.75, 3.05) is 0 Å². The molecule has 0 heterocycles. The molecule has 2 saturated carbocycles. The van der Waals surface area contributed by atoms with Gasteiger partial charge in [-0.3, -0.25) is 9.59 Å².